The molecule has 1 N–H and O–H groups in total. The van der Waals surface area contributed by atoms with Crippen LogP contribution in [0.5, 0.6) is 0 Å². The van der Waals surface area contributed by atoms with Crippen LogP contribution in [-0.4, -0.2) is 17.8 Å². The molecule has 0 heterocycles. The van der Waals surface area contributed by atoms with Gasteiger partial charge < -0.3 is 5.32 Å². The van der Waals surface area contributed by atoms with Crippen molar-refractivity contribution >= 4 is 17.5 Å². The molecule has 0 aliphatic carbocycles. The number of alkyl halides is 1. The third kappa shape index (κ3) is 4.35. The zero-order valence-electron chi connectivity index (χ0n) is 10.1. The van der Waals surface area contributed by atoms with Crippen molar-refractivity contribution < 1.29 is 9.18 Å². The Morgan fingerprint density at radius 2 is 2.24 bits per heavy atom. The Kier molecular flexibility index (Phi) is 5.42. The van der Waals surface area contributed by atoms with Crippen LogP contribution in [0, 0.1) is 12.7 Å². The topological polar surface area (TPSA) is 29.1 Å². The zero-order valence-corrected chi connectivity index (χ0v) is 10.9. The highest BCUT2D eigenvalue weighted by Crippen LogP contribution is 2.09. The molecule has 2 nitrogen and oxygen atoms in total. The lowest BCUT2D eigenvalue weighted by molar-refractivity contribution is 0.0953. The third-order valence-corrected chi connectivity index (χ3v) is 3.13. The summed E-state index contributed by atoms with van der Waals surface area (Å²) >= 11 is 5.94. The van der Waals surface area contributed by atoms with Gasteiger partial charge in [0.2, 0.25) is 0 Å². The minimum atomic E-state index is -0.298. The van der Waals surface area contributed by atoms with Crippen LogP contribution in [0.1, 0.15) is 35.7 Å². The van der Waals surface area contributed by atoms with Crippen molar-refractivity contribution in [3.05, 3.63) is 35.1 Å². The van der Waals surface area contributed by atoms with Crippen LogP contribution in [-0.2, 0) is 0 Å². The second-order valence-electron chi connectivity index (χ2n) is 4.01. The number of nitrogens with one attached hydrogen (secondary N) is 1. The highest BCUT2D eigenvalue weighted by molar-refractivity contribution is 6.20. The molecule has 1 atom stereocenters. The molecule has 94 valence electrons. The molecule has 0 saturated carbocycles. The standard InChI is InChI=1S/C13H17ClFNO/c1-3-11(14)6-7-16-13(17)10-4-5-12(15)9(2)8-10/h4-5,8,11H,3,6-7H2,1-2H3,(H,16,17). The largest absolute Gasteiger partial charge is 0.352 e. The van der Waals surface area contributed by atoms with Gasteiger partial charge in [0.1, 0.15) is 5.82 Å². The molecule has 1 rings (SSSR count). The first-order chi connectivity index (χ1) is 8.04. The Morgan fingerprint density at radius 1 is 1.53 bits per heavy atom. The molecule has 0 radical (unpaired) electrons. The van der Waals surface area contributed by atoms with Gasteiger partial charge in [-0.3, -0.25) is 4.79 Å². The van der Waals surface area contributed by atoms with E-state index in [0.717, 1.165) is 12.8 Å². The lowest BCUT2D eigenvalue weighted by atomic mass is 10.1. The summed E-state index contributed by atoms with van der Waals surface area (Å²) in [5, 5.41) is 2.85. The van der Waals surface area contributed by atoms with Gasteiger partial charge in [0.25, 0.3) is 5.91 Å². The Labute approximate surface area is 106 Å². The van der Waals surface area contributed by atoms with Crippen molar-refractivity contribution in [2.24, 2.45) is 0 Å². The van der Waals surface area contributed by atoms with E-state index in [2.05, 4.69) is 5.32 Å². The van der Waals surface area contributed by atoms with Crippen LogP contribution in [0.15, 0.2) is 18.2 Å². The predicted octanol–water partition coefficient (Wildman–Crippen LogP) is 3.27. The van der Waals surface area contributed by atoms with Gasteiger partial charge in [0, 0.05) is 17.5 Å². The van der Waals surface area contributed by atoms with Crippen molar-refractivity contribution in [2.75, 3.05) is 6.54 Å². The zero-order chi connectivity index (χ0) is 12.8. The van der Waals surface area contributed by atoms with Crippen molar-refractivity contribution in [1.29, 1.82) is 0 Å². The smallest absolute Gasteiger partial charge is 0.251 e. The van der Waals surface area contributed by atoms with Gasteiger partial charge in [0.15, 0.2) is 0 Å². The number of halogens is 2. The summed E-state index contributed by atoms with van der Waals surface area (Å²) in [4.78, 5) is 11.7. The summed E-state index contributed by atoms with van der Waals surface area (Å²) in [6.45, 7) is 4.18. The number of hydrogen-bond acceptors (Lipinski definition) is 1. The first-order valence-corrected chi connectivity index (χ1v) is 6.16. The van der Waals surface area contributed by atoms with E-state index < -0.39 is 0 Å². The van der Waals surface area contributed by atoms with E-state index in [1.165, 1.54) is 12.1 Å². The minimum Gasteiger partial charge on any atom is -0.352 e. The molecule has 0 bridgehead atoms. The van der Waals surface area contributed by atoms with Gasteiger partial charge in [-0.1, -0.05) is 6.92 Å². The van der Waals surface area contributed by atoms with E-state index in [1.807, 2.05) is 6.92 Å². The van der Waals surface area contributed by atoms with E-state index in [9.17, 15) is 9.18 Å². The molecule has 0 fully saturated rings. The molecular formula is C13H17ClFNO. The number of carbonyl (C=O) groups is 1. The average molecular weight is 258 g/mol. The second-order valence-corrected chi connectivity index (χ2v) is 4.63. The van der Waals surface area contributed by atoms with Gasteiger partial charge in [0.05, 0.1) is 0 Å². The number of benzene rings is 1. The van der Waals surface area contributed by atoms with Gasteiger partial charge in [-0.15, -0.1) is 11.6 Å². The molecule has 0 saturated heterocycles. The van der Waals surface area contributed by atoms with Crippen molar-refractivity contribution in [3.63, 3.8) is 0 Å². The van der Waals surface area contributed by atoms with Gasteiger partial charge >= 0.3 is 0 Å². The highest BCUT2D eigenvalue weighted by Gasteiger charge is 2.08. The predicted molar refractivity (Wildman–Crippen MR) is 68.0 cm³/mol. The Morgan fingerprint density at radius 3 is 2.82 bits per heavy atom. The van der Waals surface area contributed by atoms with Crippen molar-refractivity contribution in [1.82, 2.24) is 5.32 Å². The molecule has 0 spiro atoms. The van der Waals surface area contributed by atoms with Crippen LogP contribution in [0.3, 0.4) is 0 Å². The molecule has 17 heavy (non-hydrogen) atoms. The van der Waals surface area contributed by atoms with E-state index in [-0.39, 0.29) is 17.1 Å². The first kappa shape index (κ1) is 14.0. The maximum Gasteiger partial charge on any atom is 0.251 e. The molecule has 0 aliphatic rings. The van der Waals surface area contributed by atoms with Crippen molar-refractivity contribution in [2.45, 2.75) is 32.1 Å². The molecule has 0 aromatic heterocycles. The fourth-order valence-electron chi connectivity index (χ4n) is 1.43. The lowest BCUT2D eigenvalue weighted by Crippen LogP contribution is -2.26. The number of rotatable bonds is 5. The van der Waals surface area contributed by atoms with Crippen LogP contribution < -0.4 is 5.32 Å². The van der Waals surface area contributed by atoms with E-state index in [1.54, 1.807) is 13.0 Å². The Hall–Kier alpha value is -1.09. The summed E-state index contributed by atoms with van der Waals surface area (Å²) in [5.41, 5.74) is 0.952. The fraction of sp³-hybridized carbons (Fsp3) is 0.462. The van der Waals surface area contributed by atoms with E-state index in [0.29, 0.717) is 17.7 Å². The summed E-state index contributed by atoms with van der Waals surface area (Å²) in [6, 6.07) is 4.33. The van der Waals surface area contributed by atoms with Crippen molar-refractivity contribution in [3.8, 4) is 0 Å². The SMILES string of the molecule is CCC(Cl)CCNC(=O)c1ccc(F)c(C)c1. The molecule has 1 aromatic rings. The quantitative estimate of drug-likeness (QED) is 0.806. The normalized spacial score (nSPS) is 12.2. The van der Waals surface area contributed by atoms with Crippen LogP contribution >= 0.6 is 11.6 Å². The monoisotopic (exact) mass is 257 g/mol. The lowest BCUT2D eigenvalue weighted by Gasteiger charge is -2.08. The average Bonchev–Trinajstić information content (AvgIpc) is 2.32. The highest BCUT2D eigenvalue weighted by atomic mass is 35.5. The molecular weight excluding hydrogens is 241 g/mol. The summed E-state index contributed by atoms with van der Waals surface area (Å²) in [6.07, 6.45) is 1.62. The van der Waals surface area contributed by atoms with Gasteiger partial charge in [-0.25, -0.2) is 4.39 Å². The molecule has 1 unspecified atom stereocenters. The van der Waals surface area contributed by atoms with Crippen LogP contribution in [0.4, 0.5) is 4.39 Å². The second kappa shape index (κ2) is 6.60. The Balaban J connectivity index is 2.50. The van der Waals surface area contributed by atoms with Gasteiger partial charge in [-0.05, 0) is 43.5 Å². The van der Waals surface area contributed by atoms with Gasteiger partial charge in [-0.2, -0.15) is 0 Å². The summed E-state index contributed by atoms with van der Waals surface area (Å²) < 4.78 is 13.0. The van der Waals surface area contributed by atoms with E-state index in [4.69, 9.17) is 11.6 Å². The number of hydrogen-bond donors (Lipinski definition) is 1. The summed E-state index contributed by atoms with van der Waals surface area (Å²) in [7, 11) is 0. The maximum atomic E-state index is 13.0. The number of aryl methyl sites for hydroxylation is 1. The van der Waals surface area contributed by atoms with E-state index >= 15 is 0 Å². The first-order valence-electron chi connectivity index (χ1n) is 5.73. The molecule has 1 amide bonds. The maximum absolute atomic E-state index is 13.0. The molecule has 1 aromatic carbocycles. The number of carbonyl (C=O) groups excluding carboxylic acids is 1. The molecule has 0 aliphatic heterocycles. The number of amides is 1. The van der Waals surface area contributed by atoms with Crippen LogP contribution in [0.2, 0.25) is 0 Å². The van der Waals surface area contributed by atoms with Crippen LogP contribution in [0.25, 0.3) is 0 Å². The fourth-order valence-corrected chi connectivity index (χ4v) is 1.54. The third-order valence-electron chi connectivity index (χ3n) is 2.61. The summed E-state index contributed by atoms with van der Waals surface area (Å²) in [5.74, 6) is -0.485. The molecule has 4 heteroatoms. The Bertz CT molecular complexity index is 395. The minimum absolute atomic E-state index is 0.0882.